The smallest absolute Gasteiger partial charge is 0.255 e. The minimum atomic E-state index is -0.120. The van der Waals surface area contributed by atoms with Crippen LogP contribution in [0.4, 0.5) is 5.69 Å². The van der Waals surface area contributed by atoms with Crippen LogP contribution in [0, 0.1) is 13.8 Å². The normalized spacial score (nSPS) is 11.0. The molecule has 2 heterocycles. The molecule has 0 saturated heterocycles. The zero-order valence-corrected chi connectivity index (χ0v) is 14.5. The van der Waals surface area contributed by atoms with Crippen molar-refractivity contribution in [1.29, 1.82) is 0 Å². The predicted molar refractivity (Wildman–Crippen MR) is 98.0 cm³/mol. The average Bonchev–Trinajstić information content (AvgIpc) is 3.20. The summed E-state index contributed by atoms with van der Waals surface area (Å²) in [6.07, 6.45) is 0. The third-order valence-electron chi connectivity index (χ3n) is 3.90. The highest BCUT2D eigenvalue weighted by Gasteiger charge is 2.12. The van der Waals surface area contributed by atoms with Gasteiger partial charge in [0.2, 0.25) is 4.96 Å². The molecule has 2 aromatic carbocycles. The van der Waals surface area contributed by atoms with Crippen molar-refractivity contribution in [1.82, 2.24) is 19.8 Å². The van der Waals surface area contributed by atoms with E-state index in [0.717, 1.165) is 32.6 Å². The van der Waals surface area contributed by atoms with Gasteiger partial charge in [-0.05, 0) is 49.7 Å². The summed E-state index contributed by atoms with van der Waals surface area (Å²) < 4.78 is 1.74. The Morgan fingerprint density at radius 1 is 1.08 bits per heavy atom. The summed E-state index contributed by atoms with van der Waals surface area (Å²) in [4.78, 5) is 13.1. The van der Waals surface area contributed by atoms with Gasteiger partial charge in [0.05, 0.1) is 0 Å². The highest BCUT2D eigenvalue weighted by molar-refractivity contribution is 7.19. The molecule has 4 rings (SSSR count). The first-order chi connectivity index (χ1) is 12.1. The zero-order chi connectivity index (χ0) is 17.4. The van der Waals surface area contributed by atoms with E-state index >= 15 is 0 Å². The quantitative estimate of drug-likeness (QED) is 0.612. The Kier molecular flexibility index (Phi) is 3.77. The summed E-state index contributed by atoms with van der Waals surface area (Å²) in [6, 6.07) is 15.0. The first-order valence-electron chi connectivity index (χ1n) is 7.78. The fourth-order valence-corrected chi connectivity index (χ4v) is 3.43. The molecule has 124 valence electrons. The van der Waals surface area contributed by atoms with E-state index in [1.54, 1.807) is 16.6 Å². The number of anilines is 1. The third-order valence-corrected chi connectivity index (χ3v) is 4.85. The van der Waals surface area contributed by atoms with Gasteiger partial charge < -0.3 is 5.32 Å². The van der Waals surface area contributed by atoms with Gasteiger partial charge in [0.15, 0.2) is 5.82 Å². The van der Waals surface area contributed by atoms with Crippen LogP contribution in [0.15, 0.2) is 48.5 Å². The number of carbonyl (C=O) groups excluding carboxylic acids is 1. The molecule has 0 bridgehead atoms. The Balaban J connectivity index is 1.61. The topological polar surface area (TPSA) is 72.2 Å². The monoisotopic (exact) mass is 349 g/mol. The van der Waals surface area contributed by atoms with Crippen molar-refractivity contribution in [3.8, 4) is 10.6 Å². The second-order valence-electron chi connectivity index (χ2n) is 5.70. The molecular weight excluding hydrogens is 334 g/mol. The Bertz CT molecular complexity index is 1070. The molecule has 0 aliphatic rings. The molecule has 1 N–H and O–H groups in total. The number of hydrogen-bond donors (Lipinski definition) is 1. The lowest BCUT2D eigenvalue weighted by Crippen LogP contribution is -2.12. The molecule has 6 nitrogen and oxygen atoms in total. The van der Waals surface area contributed by atoms with Crippen LogP contribution in [0.5, 0.6) is 0 Å². The van der Waals surface area contributed by atoms with Crippen LogP contribution in [0.25, 0.3) is 15.5 Å². The molecule has 0 spiro atoms. The molecular formula is C18H15N5OS. The first kappa shape index (κ1) is 15.5. The third kappa shape index (κ3) is 2.89. The standard InChI is InChI=1S/C18H15N5OS/c1-11-10-14(17-22-23-12(2)20-21-18(23)25-17)8-9-15(11)19-16(24)13-6-4-3-5-7-13/h3-10H,1-2H3,(H,19,24). The SMILES string of the molecule is Cc1cc(-c2nn3c(C)nnc3s2)ccc1NC(=O)c1ccccc1. The lowest BCUT2D eigenvalue weighted by molar-refractivity contribution is 0.102. The van der Waals surface area contributed by atoms with Gasteiger partial charge in [-0.3, -0.25) is 4.79 Å². The lowest BCUT2D eigenvalue weighted by atomic mass is 10.1. The van der Waals surface area contributed by atoms with E-state index in [-0.39, 0.29) is 5.91 Å². The predicted octanol–water partition coefficient (Wildman–Crippen LogP) is 3.72. The molecule has 0 aliphatic heterocycles. The van der Waals surface area contributed by atoms with E-state index in [1.165, 1.54) is 11.3 Å². The molecule has 4 aromatic rings. The maximum absolute atomic E-state index is 12.3. The molecule has 0 unspecified atom stereocenters. The minimum absolute atomic E-state index is 0.120. The number of aromatic nitrogens is 4. The Morgan fingerprint density at radius 2 is 1.88 bits per heavy atom. The van der Waals surface area contributed by atoms with Crippen LogP contribution in [0.1, 0.15) is 21.7 Å². The number of aryl methyl sites for hydroxylation is 2. The first-order valence-corrected chi connectivity index (χ1v) is 8.60. The number of nitrogens with zero attached hydrogens (tertiary/aromatic N) is 4. The number of benzene rings is 2. The van der Waals surface area contributed by atoms with E-state index in [9.17, 15) is 4.79 Å². The fraction of sp³-hybridized carbons (Fsp3) is 0.111. The summed E-state index contributed by atoms with van der Waals surface area (Å²) in [7, 11) is 0. The average molecular weight is 349 g/mol. The van der Waals surface area contributed by atoms with Crippen molar-refractivity contribution in [2.24, 2.45) is 0 Å². The number of hydrogen-bond acceptors (Lipinski definition) is 5. The number of rotatable bonds is 3. The van der Waals surface area contributed by atoms with Crippen molar-refractivity contribution >= 4 is 27.9 Å². The van der Waals surface area contributed by atoms with Gasteiger partial charge in [-0.15, -0.1) is 10.2 Å². The Labute approximate surface area is 148 Å². The Hall–Kier alpha value is -3.06. The largest absolute Gasteiger partial charge is 0.322 e. The van der Waals surface area contributed by atoms with Crippen molar-refractivity contribution in [2.45, 2.75) is 13.8 Å². The maximum atomic E-state index is 12.3. The summed E-state index contributed by atoms with van der Waals surface area (Å²) in [5.41, 5.74) is 3.39. The summed E-state index contributed by atoms with van der Waals surface area (Å²) in [5, 5.41) is 16.5. The van der Waals surface area contributed by atoms with E-state index in [4.69, 9.17) is 0 Å². The minimum Gasteiger partial charge on any atom is -0.322 e. The van der Waals surface area contributed by atoms with Crippen LogP contribution in [0.3, 0.4) is 0 Å². The van der Waals surface area contributed by atoms with Gasteiger partial charge >= 0.3 is 0 Å². The van der Waals surface area contributed by atoms with Crippen LogP contribution in [-0.2, 0) is 0 Å². The van der Waals surface area contributed by atoms with Crippen LogP contribution >= 0.6 is 11.3 Å². The number of carbonyl (C=O) groups is 1. The number of amides is 1. The van der Waals surface area contributed by atoms with Gasteiger partial charge in [0.1, 0.15) is 5.01 Å². The summed E-state index contributed by atoms with van der Waals surface area (Å²) >= 11 is 1.49. The van der Waals surface area contributed by atoms with Crippen molar-refractivity contribution < 1.29 is 4.79 Å². The maximum Gasteiger partial charge on any atom is 0.255 e. The molecule has 0 atom stereocenters. The van der Waals surface area contributed by atoms with Crippen LogP contribution < -0.4 is 5.32 Å². The van der Waals surface area contributed by atoms with Gasteiger partial charge in [0, 0.05) is 16.8 Å². The van der Waals surface area contributed by atoms with E-state index in [2.05, 4.69) is 20.6 Å². The fourth-order valence-electron chi connectivity index (χ4n) is 2.55. The summed E-state index contributed by atoms with van der Waals surface area (Å²) in [6.45, 7) is 3.84. The second kappa shape index (κ2) is 6.10. The van der Waals surface area contributed by atoms with Crippen LogP contribution in [0.2, 0.25) is 0 Å². The molecule has 25 heavy (non-hydrogen) atoms. The lowest BCUT2D eigenvalue weighted by Gasteiger charge is -2.09. The van der Waals surface area contributed by atoms with Crippen molar-refractivity contribution in [2.75, 3.05) is 5.32 Å². The molecule has 7 heteroatoms. The van der Waals surface area contributed by atoms with Crippen molar-refractivity contribution in [3.05, 3.63) is 65.5 Å². The second-order valence-corrected chi connectivity index (χ2v) is 6.65. The van der Waals surface area contributed by atoms with E-state index < -0.39 is 0 Å². The highest BCUT2D eigenvalue weighted by atomic mass is 32.1. The van der Waals surface area contributed by atoms with Gasteiger partial charge in [0.25, 0.3) is 5.91 Å². The summed E-state index contributed by atoms with van der Waals surface area (Å²) in [5.74, 6) is 0.645. The van der Waals surface area contributed by atoms with E-state index in [1.807, 2.05) is 50.2 Å². The van der Waals surface area contributed by atoms with E-state index in [0.29, 0.717) is 5.56 Å². The molecule has 0 saturated carbocycles. The molecule has 1 amide bonds. The number of fused-ring (bicyclic) bond motifs is 1. The van der Waals surface area contributed by atoms with Gasteiger partial charge in [-0.25, -0.2) is 0 Å². The van der Waals surface area contributed by atoms with Gasteiger partial charge in [-0.1, -0.05) is 29.5 Å². The molecule has 0 radical (unpaired) electrons. The van der Waals surface area contributed by atoms with Crippen molar-refractivity contribution in [3.63, 3.8) is 0 Å². The molecule has 0 fully saturated rings. The van der Waals surface area contributed by atoms with Gasteiger partial charge in [-0.2, -0.15) is 9.61 Å². The Morgan fingerprint density at radius 3 is 2.60 bits per heavy atom. The molecule has 2 aromatic heterocycles. The highest BCUT2D eigenvalue weighted by Crippen LogP contribution is 2.28. The molecule has 0 aliphatic carbocycles. The van der Waals surface area contributed by atoms with Crippen LogP contribution in [-0.4, -0.2) is 25.7 Å². The zero-order valence-electron chi connectivity index (χ0n) is 13.7. The number of nitrogens with one attached hydrogen (secondary N) is 1.